The second-order valence-corrected chi connectivity index (χ2v) is 8.05. The summed E-state index contributed by atoms with van der Waals surface area (Å²) in [6.45, 7) is 2.40. The minimum atomic E-state index is -0.0976. The lowest BCUT2D eigenvalue weighted by Crippen LogP contribution is -2.41. The fourth-order valence-corrected chi connectivity index (χ4v) is 3.90. The Hall–Kier alpha value is -3.06. The third kappa shape index (κ3) is 5.35. The van der Waals surface area contributed by atoms with Gasteiger partial charge in [-0.25, -0.2) is 4.68 Å². The van der Waals surface area contributed by atoms with Crippen molar-refractivity contribution in [1.82, 2.24) is 19.9 Å². The van der Waals surface area contributed by atoms with Gasteiger partial charge in [0.15, 0.2) is 5.69 Å². The summed E-state index contributed by atoms with van der Waals surface area (Å²) in [5.74, 6) is 1.77. The van der Waals surface area contributed by atoms with Gasteiger partial charge in [0.05, 0.1) is 26.5 Å². The molecule has 0 spiro atoms. The first kappa shape index (κ1) is 21.2. The Morgan fingerprint density at radius 1 is 1.16 bits per heavy atom. The minimum absolute atomic E-state index is 0.0976. The van der Waals surface area contributed by atoms with Gasteiger partial charge in [-0.2, -0.15) is 0 Å². The van der Waals surface area contributed by atoms with Crippen molar-refractivity contribution in [2.75, 3.05) is 26.8 Å². The van der Waals surface area contributed by atoms with Crippen LogP contribution < -0.4 is 9.47 Å². The molecule has 31 heavy (non-hydrogen) atoms. The summed E-state index contributed by atoms with van der Waals surface area (Å²) < 4.78 is 12.7. The number of nitrogens with zero attached hydrogens (tertiary/aromatic N) is 4. The molecule has 0 N–H and O–H groups in total. The van der Waals surface area contributed by atoms with Gasteiger partial charge >= 0.3 is 0 Å². The van der Waals surface area contributed by atoms with E-state index in [4.69, 9.17) is 21.1 Å². The Bertz CT molecular complexity index is 1020. The summed E-state index contributed by atoms with van der Waals surface area (Å²) in [7, 11) is 1.64. The number of rotatable bonds is 7. The van der Waals surface area contributed by atoms with Gasteiger partial charge in [-0.15, -0.1) is 5.10 Å². The van der Waals surface area contributed by atoms with E-state index in [1.54, 1.807) is 18.0 Å². The quantitative estimate of drug-likeness (QED) is 0.557. The van der Waals surface area contributed by atoms with Crippen LogP contribution in [-0.4, -0.2) is 52.6 Å². The molecule has 1 fully saturated rings. The average Bonchev–Trinajstić information content (AvgIpc) is 3.28. The molecule has 1 aromatic heterocycles. The number of piperidine rings is 1. The maximum atomic E-state index is 13.0. The normalized spacial score (nSPS) is 16.2. The standard InChI is InChI=1S/C23H25ClN4O3/c1-30-19-8-10-20(11-9-19)31-16-17-5-4-12-27(13-17)23(29)22-15-28(26-25-22)14-18-6-2-3-7-21(18)24/h2-3,6-11,15,17H,4-5,12-14,16H2,1H3/t17-/m1/s1. The van der Waals surface area contributed by atoms with Crippen LogP contribution in [0.4, 0.5) is 0 Å². The van der Waals surface area contributed by atoms with Crippen molar-refractivity contribution >= 4 is 17.5 Å². The number of hydrogen-bond donors (Lipinski definition) is 0. The number of benzene rings is 2. The topological polar surface area (TPSA) is 69.5 Å². The monoisotopic (exact) mass is 440 g/mol. The molecule has 2 aromatic carbocycles. The number of methoxy groups -OCH3 is 1. The van der Waals surface area contributed by atoms with Crippen LogP contribution >= 0.6 is 11.6 Å². The van der Waals surface area contributed by atoms with Crippen LogP contribution in [0.1, 0.15) is 28.9 Å². The summed E-state index contributed by atoms with van der Waals surface area (Å²) >= 11 is 6.22. The SMILES string of the molecule is COc1ccc(OC[C@@H]2CCCN(C(=O)c3cn(Cc4ccccc4Cl)nn3)C2)cc1. The summed E-state index contributed by atoms with van der Waals surface area (Å²) in [5.41, 5.74) is 1.28. The molecule has 0 aliphatic carbocycles. The minimum Gasteiger partial charge on any atom is -0.497 e. The van der Waals surface area contributed by atoms with Crippen LogP contribution in [0.2, 0.25) is 5.02 Å². The van der Waals surface area contributed by atoms with Gasteiger partial charge in [-0.3, -0.25) is 4.79 Å². The molecule has 3 aromatic rings. The van der Waals surface area contributed by atoms with Crippen molar-refractivity contribution in [3.63, 3.8) is 0 Å². The van der Waals surface area contributed by atoms with Crippen molar-refractivity contribution in [1.29, 1.82) is 0 Å². The van der Waals surface area contributed by atoms with Gasteiger partial charge in [-0.05, 0) is 48.7 Å². The predicted octanol–water partition coefficient (Wildman–Crippen LogP) is 3.92. The molecule has 0 unspecified atom stereocenters. The van der Waals surface area contributed by atoms with Crippen LogP contribution in [0.25, 0.3) is 0 Å². The van der Waals surface area contributed by atoms with Gasteiger partial charge in [0, 0.05) is 24.0 Å². The van der Waals surface area contributed by atoms with E-state index in [0.717, 1.165) is 36.4 Å². The van der Waals surface area contributed by atoms with Crippen molar-refractivity contribution in [2.24, 2.45) is 5.92 Å². The van der Waals surface area contributed by atoms with Crippen molar-refractivity contribution in [3.8, 4) is 11.5 Å². The van der Waals surface area contributed by atoms with E-state index < -0.39 is 0 Å². The molecule has 2 heterocycles. The highest BCUT2D eigenvalue weighted by Crippen LogP contribution is 2.22. The van der Waals surface area contributed by atoms with Gasteiger partial charge in [0.2, 0.25) is 0 Å². The highest BCUT2D eigenvalue weighted by molar-refractivity contribution is 6.31. The second-order valence-electron chi connectivity index (χ2n) is 7.64. The maximum Gasteiger partial charge on any atom is 0.276 e. The van der Waals surface area contributed by atoms with Crippen molar-refractivity contribution < 1.29 is 14.3 Å². The number of amides is 1. The highest BCUT2D eigenvalue weighted by Gasteiger charge is 2.26. The number of likely N-dealkylation sites (tertiary alicyclic amines) is 1. The molecule has 0 bridgehead atoms. The first-order chi connectivity index (χ1) is 15.1. The summed E-state index contributed by atoms with van der Waals surface area (Å²) in [4.78, 5) is 14.8. The molecule has 1 aliphatic heterocycles. The number of carbonyl (C=O) groups is 1. The molecular weight excluding hydrogens is 416 g/mol. The van der Waals surface area contributed by atoms with Crippen LogP contribution in [0.15, 0.2) is 54.7 Å². The summed E-state index contributed by atoms with van der Waals surface area (Å²) in [6, 6.07) is 15.1. The zero-order valence-electron chi connectivity index (χ0n) is 17.4. The van der Waals surface area contributed by atoms with Gasteiger partial charge < -0.3 is 14.4 Å². The summed E-state index contributed by atoms with van der Waals surface area (Å²) in [5, 5.41) is 8.86. The molecular formula is C23H25ClN4O3. The molecule has 1 amide bonds. The molecule has 1 aliphatic rings. The molecule has 162 valence electrons. The van der Waals surface area contributed by atoms with E-state index in [0.29, 0.717) is 30.4 Å². The van der Waals surface area contributed by atoms with E-state index in [1.165, 1.54) is 0 Å². The lowest BCUT2D eigenvalue weighted by molar-refractivity contribution is 0.0627. The molecule has 7 nitrogen and oxygen atoms in total. The van der Waals surface area contributed by atoms with Crippen LogP contribution in [-0.2, 0) is 6.54 Å². The number of aromatic nitrogens is 3. The van der Waals surface area contributed by atoms with Crippen molar-refractivity contribution in [3.05, 3.63) is 71.0 Å². The zero-order valence-corrected chi connectivity index (χ0v) is 18.2. The van der Waals surface area contributed by atoms with E-state index in [-0.39, 0.29) is 11.8 Å². The highest BCUT2D eigenvalue weighted by atomic mass is 35.5. The van der Waals surface area contributed by atoms with E-state index in [2.05, 4.69) is 10.3 Å². The Labute approximate surface area is 186 Å². The molecule has 0 radical (unpaired) electrons. The van der Waals surface area contributed by atoms with E-state index in [1.807, 2.05) is 53.4 Å². The lowest BCUT2D eigenvalue weighted by atomic mass is 9.98. The van der Waals surface area contributed by atoms with Crippen LogP contribution in [0, 0.1) is 5.92 Å². The third-order valence-corrected chi connectivity index (χ3v) is 5.77. The number of carbonyl (C=O) groups excluding carboxylic acids is 1. The van der Waals surface area contributed by atoms with Crippen LogP contribution in [0.3, 0.4) is 0 Å². The average molecular weight is 441 g/mol. The van der Waals surface area contributed by atoms with E-state index >= 15 is 0 Å². The fraction of sp³-hybridized carbons (Fsp3) is 0.348. The Balaban J connectivity index is 1.33. The first-order valence-corrected chi connectivity index (χ1v) is 10.7. The second kappa shape index (κ2) is 9.83. The predicted molar refractivity (Wildman–Crippen MR) is 118 cm³/mol. The van der Waals surface area contributed by atoms with Gasteiger partial charge in [0.1, 0.15) is 11.5 Å². The molecule has 0 saturated carbocycles. The Kier molecular flexibility index (Phi) is 6.72. The lowest BCUT2D eigenvalue weighted by Gasteiger charge is -2.32. The van der Waals surface area contributed by atoms with Crippen LogP contribution in [0.5, 0.6) is 11.5 Å². The fourth-order valence-electron chi connectivity index (χ4n) is 3.71. The number of hydrogen-bond acceptors (Lipinski definition) is 5. The maximum absolute atomic E-state index is 13.0. The van der Waals surface area contributed by atoms with Crippen molar-refractivity contribution in [2.45, 2.75) is 19.4 Å². The molecule has 1 saturated heterocycles. The molecule has 8 heteroatoms. The number of ether oxygens (including phenoxy) is 2. The van der Waals surface area contributed by atoms with Gasteiger partial charge in [0.25, 0.3) is 5.91 Å². The Morgan fingerprint density at radius 3 is 2.71 bits per heavy atom. The number of halogens is 1. The third-order valence-electron chi connectivity index (χ3n) is 5.40. The summed E-state index contributed by atoms with van der Waals surface area (Å²) in [6.07, 6.45) is 3.65. The smallest absolute Gasteiger partial charge is 0.276 e. The van der Waals surface area contributed by atoms with Gasteiger partial charge in [-0.1, -0.05) is 35.0 Å². The largest absolute Gasteiger partial charge is 0.497 e. The molecule has 1 atom stereocenters. The first-order valence-electron chi connectivity index (χ1n) is 10.3. The Morgan fingerprint density at radius 2 is 1.94 bits per heavy atom. The van der Waals surface area contributed by atoms with E-state index in [9.17, 15) is 4.79 Å². The molecule has 4 rings (SSSR count). The zero-order chi connectivity index (χ0) is 21.6.